The molecule has 0 aromatic carbocycles. The van der Waals surface area contributed by atoms with Crippen molar-refractivity contribution in [3.63, 3.8) is 0 Å². The first-order chi connectivity index (χ1) is 7.56. The average molecular weight is 238 g/mol. The zero-order valence-corrected chi connectivity index (χ0v) is 10.6. The third-order valence-electron chi connectivity index (χ3n) is 2.51. The Labute approximate surface area is 102 Å². The summed E-state index contributed by atoms with van der Waals surface area (Å²) < 4.78 is 0. The topological polar surface area (TPSA) is 42.0 Å². The summed E-state index contributed by atoms with van der Waals surface area (Å²) >= 11 is 4.02. The summed E-state index contributed by atoms with van der Waals surface area (Å²) in [5.41, 5.74) is 1.03. The third-order valence-corrected chi connectivity index (χ3v) is 2.73. The molecule has 1 aromatic rings. The minimum atomic E-state index is -0.0967. The minimum absolute atomic E-state index is 0.0481. The molecule has 88 valence electrons. The molecule has 0 aliphatic rings. The highest BCUT2D eigenvalue weighted by Gasteiger charge is 2.21. The molecule has 0 unspecified atom stereocenters. The second kappa shape index (κ2) is 5.89. The molecule has 0 fully saturated rings. The largest absolute Gasteiger partial charge is 0.355 e. The number of amides is 1. The lowest BCUT2D eigenvalue weighted by Crippen LogP contribution is -2.36. The third kappa shape index (κ3) is 3.85. The van der Waals surface area contributed by atoms with Crippen molar-refractivity contribution in [2.24, 2.45) is 0 Å². The molecule has 1 N–H and O–H groups in total. The Balaban J connectivity index is 2.55. The van der Waals surface area contributed by atoms with E-state index in [9.17, 15) is 4.79 Å². The molecule has 1 amide bonds. The Morgan fingerprint density at radius 1 is 1.56 bits per heavy atom. The van der Waals surface area contributed by atoms with Gasteiger partial charge in [-0.1, -0.05) is 19.9 Å². The van der Waals surface area contributed by atoms with E-state index in [0.717, 1.165) is 5.56 Å². The number of pyridine rings is 1. The lowest BCUT2D eigenvalue weighted by atomic mass is 9.86. The zero-order chi connectivity index (χ0) is 12.0. The van der Waals surface area contributed by atoms with Gasteiger partial charge in [-0.15, -0.1) is 0 Å². The van der Waals surface area contributed by atoms with Crippen LogP contribution in [0.15, 0.2) is 24.5 Å². The Kier molecular flexibility index (Phi) is 4.80. The summed E-state index contributed by atoms with van der Waals surface area (Å²) in [6.45, 7) is 4.79. The van der Waals surface area contributed by atoms with Crippen LogP contribution in [0.2, 0.25) is 0 Å². The van der Waals surface area contributed by atoms with Crippen LogP contribution in [0, 0.1) is 0 Å². The predicted octanol–water partition coefficient (Wildman–Crippen LogP) is 1.80. The molecular formula is C12H18N2OS. The van der Waals surface area contributed by atoms with E-state index in [4.69, 9.17) is 0 Å². The van der Waals surface area contributed by atoms with E-state index in [-0.39, 0.29) is 11.3 Å². The maximum absolute atomic E-state index is 11.3. The quantitative estimate of drug-likeness (QED) is 0.768. The lowest BCUT2D eigenvalue weighted by Gasteiger charge is -2.25. The normalized spacial score (nSPS) is 11.2. The summed E-state index contributed by atoms with van der Waals surface area (Å²) in [4.78, 5) is 15.4. The summed E-state index contributed by atoms with van der Waals surface area (Å²) in [5.74, 6) is 0.631. The molecule has 1 heterocycles. The molecule has 0 spiro atoms. The molecule has 0 radical (unpaired) electrons. The van der Waals surface area contributed by atoms with Crippen LogP contribution >= 0.6 is 12.6 Å². The van der Waals surface area contributed by atoms with E-state index in [0.29, 0.717) is 18.7 Å². The summed E-state index contributed by atoms with van der Waals surface area (Å²) in [5, 5.41) is 2.91. The van der Waals surface area contributed by atoms with Gasteiger partial charge < -0.3 is 5.32 Å². The highest BCUT2D eigenvalue weighted by molar-refractivity contribution is 7.80. The van der Waals surface area contributed by atoms with Crippen molar-refractivity contribution in [2.75, 3.05) is 12.3 Å². The van der Waals surface area contributed by atoms with Crippen molar-refractivity contribution in [1.82, 2.24) is 10.3 Å². The lowest BCUT2D eigenvalue weighted by molar-refractivity contribution is -0.120. The van der Waals surface area contributed by atoms with Gasteiger partial charge in [0.15, 0.2) is 0 Å². The molecule has 0 saturated heterocycles. The highest BCUT2D eigenvalue weighted by Crippen LogP contribution is 2.20. The first kappa shape index (κ1) is 13.0. The van der Waals surface area contributed by atoms with Crippen LogP contribution in [-0.4, -0.2) is 23.2 Å². The average Bonchev–Trinajstić information content (AvgIpc) is 2.28. The number of carbonyl (C=O) groups is 1. The van der Waals surface area contributed by atoms with Crippen LogP contribution in [0.5, 0.6) is 0 Å². The van der Waals surface area contributed by atoms with Crippen LogP contribution in [0.1, 0.15) is 25.8 Å². The van der Waals surface area contributed by atoms with Gasteiger partial charge in [-0.05, 0) is 17.4 Å². The van der Waals surface area contributed by atoms with E-state index >= 15 is 0 Å². The number of rotatable bonds is 5. The fourth-order valence-electron chi connectivity index (χ4n) is 1.37. The second-order valence-corrected chi connectivity index (χ2v) is 4.82. The van der Waals surface area contributed by atoms with E-state index < -0.39 is 0 Å². The summed E-state index contributed by atoms with van der Waals surface area (Å²) in [7, 11) is 0. The van der Waals surface area contributed by atoms with Gasteiger partial charge in [0.05, 0.1) is 0 Å². The van der Waals surface area contributed by atoms with Crippen LogP contribution in [0.4, 0.5) is 0 Å². The zero-order valence-electron chi connectivity index (χ0n) is 9.73. The van der Waals surface area contributed by atoms with Crippen LogP contribution in [0.3, 0.4) is 0 Å². The molecule has 0 aliphatic heterocycles. The standard InChI is InChI=1S/C12H18N2OS/c1-12(2,9-14-11(15)5-7-16)10-4-3-6-13-8-10/h3-4,6,8,16H,5,7,9H2,1-2H3,(H,14,15). The molecule has 1 rings (SSSR count). The maximum Gasteiger partial charge on any atom is 0.220 e. The molecule has 0 bridgehead atoms. The monoisotopic (exact) mass is 238 g/mol. The molecule has 1 aromatic heterocycles. The number of aromatic nitrogens is 1. The first-order valence-electron chi connectivity index (χ1n) is 5.34. The molecule has 0 aliphatic carbocycles. The van der Waals surface area contributed by atoms with Crippen molar-refractivity contribution in [3.05, 3.63) is 30.1 Å². The van der Waals surface area contributed by atoms with Crippen molar-refractivity contribution < 1.29 is 4.79 Å². The molecule has 4 heteroatoms. The van der Waals surface area contributed by atoms with E-state index in [2.05, 4.69) is 36.8 Å². The van der Waals surface area contributed by atoms with E-state index in [1.165, 1.54) is 0 Å². The number of thiol groups is 1. The van der Waals surface area contributed by atoms with Gasteiger partial charge in [-0.25, -0.2) is 0 Å². The predicted molar refractivity (Wildman–Crippen MR) is 68.7 cm³/mol. The smallest absolute Gasteiger partial charge is 0.220 e. The van der Waals surface area contributed by atoms with Gasteiger partial charge in [0, 0.05) is 30.8 Å². The Bertz CT molecular complexity index is 338. The van der Waals surface area contributed by atoms with Gasteiger partial charge >= 0.3 is 0 Å². The number of carbonyl (C=O) groups excluding carboxylic acids is 1. The fourth-order valence-corrected chi connectivity index (χ4v) is 1.58. The fraction of sp³-hybridized carbons (Fsp3) is 0.500. The van der Waals surface area contributed by atoms with Crippen LogP contribution in [0.25, 0.3) is 0 Å². The Morgan fingerprint density at radius 3 is 2.88 bits per heavy atom. The number of nitrogens with one attached hydrogen (secondary N) is 1. The van der Waals surface area contributed by atoms with Gasteiger partial charge in [-0.2, -0.15) is 12.6 Å². The van der Waals surface area contributed by atoms with E-state index in [1.807, 2.05) is 18.3 Å². The van der Waals surface area contributed by atoms with E-state index in [1.54, 1.807) is 6.20 Å². The number of hydrogen-bond acceptors (Lipinski definition) is 3. The Morgan fingerprint density at radius 2 is 2.31 bits per heavy atom. The number of hydrogen-bond donors (Lipinski definition) is 2. The summed E-state index contributed by atoms with van der Waals surface area (Å²) in [6.07, 6.45) is 4.05. The van der Waals surface area contributed by atoms with Gasteiger partial charge in [0.1, 0.15) is 0 Å². The van der Waals surface area contributed by atoms with Gasteiger partial charge in [-0.3, -0.25) is 9.78 Å². The van der Waals surface area contributed by atoms with Gasteiger partial charge in [0.25, 0.3) is 0 Å². The maximum atomic E-state index is 11.3. The highest BCUT2D eigenvalue weighted by atomic mass is 32.1. The SMILES string of the molecule is CC(C)(CNC(=O)CCS)c1cccnc1. The summed E-state index contributed by atoms with van der Waals surface area (Å²) in [6, 6.07) is 3.93. The van der Waals surface area contributed by atoms with Crippen LogP contribution in [-0.2, 0) is 10.2 Å². The Hall–Kier alpha value is -1.03. The van der Waals surface area contributed by atoms with Crippen LogP contribution < -0.4 is 5.32 Å². The molecule has 16 heavy (non-hydrogen) atoms. The molecule has 0 saturated carbocycles. The van der Waals surface area contributed by atoms with Crippen molar-refractivity contribution in [1.29, 1.82) is 0 Å². The number of nitrogens with zero attached hydrogens (tertiary/aromatic N) is 1. The molecular weight excluding hydrogens is 220 g/mol. The van der Waals surface area contributed by atoms with Crippen molar-refractivity contribution in [2.45, 2.75) is 25.7 Å². The molecule has 3 nitrogen and oxygen atoms in total. The van der Waals surface area contributed by atoms with Gasteiger partial charge in [0.2, 0.25) is 5.91 Å². The van der Waals surface area contributed by atoms with Crippen molar-refractivity contribution >= 4 is 18.5 Å². The molecule has 0 atom stereocenters. The van der Waals surface area contributed by atoms with Crippen molar-refractivity contribution in [3.8, 4) is 0 Å². The first-order valence-corrected chi connectivity index (χ1v) is 5.97. The minimum Gasteiger partial charge on any atom is -0.355 e. The second-order valence-electron chi connectivity index (χ2n) is 4.38.